The van der Waals surface area contributed by atoms with Crippen molar-refractivity contribution >= 4 is 39.3 Å². The van der Waals surface area contributed by atoms with E-state index in [1.165, 1.54) is 13.0 Å². The normalized spacial score (nSPS) is 16.7. The van der Waals surface area contributed by atoms with Crippen molar-refractivity contribution in [2.45, 2.75) is 13.0 Å². The second kappa shape index (κ2) is 6.88. The number of carbonyl (C=O) groups excluding carboxylic acids is 2. The first kappa shape index (κ1) is 18.7. The van der Waals surface area contributed by atoms with Crippen LogP contribution in [0, 0.1) is 0 Å². The van der Waals surface area contributed by atoms with Crippen LogP contribution in [0.4, 0.5) is 5.69 Å². The van der Waals surface area contributed by atoms with Crippen molar-refractivity contribution < 1.29 is 29.7 Å². The van der Waals surface area contributed by atoms with E-state index in [0.717, 1.165) is 21.5 Å². The lowest BCUT2D eigenvalue weighted by atomic mass is 9.96. The number of aromatic hydroxyl groups is 1. The lowest BCUT2D eigenvalue weighted by molar-refractivity contribution is -0.117. The van der Waals surface area contributed by atoms with E-state index in [2.05, 4.69) is 15.9 Å². The Morgan fingerprint density at radius 3 is 2.22 bits per heavy atom. The summed E-state index contributed by atoms with van der Waals surface area (Å²) in [7, 11) is 0. The minimum Gasteiger partial charge on any atom is -0.507 e. The first-order valence-corrected chi connectivity index (χ1v) is 8.61. The maximum Gasteiger partial charge on any atom is 0.339 e. The zero-order chi connectivity index (χ0) is 19.9. The number of anilines is 1. The van der Waals surface area contributed by atoms with Crippen molar-refractivity contribution in [3.63, 3.8) is 0 Å². The van der Waals surface area contributed by atoms with Gasteiger partial charge in [-0.15, -0.1) is 0 Å². The number of benzene rings is 2. The van der Waals surface area contributed by atoms with Crippen LogP contribution in [0.2, 0.25) is 0 Å². The summed E-state index contributed by atoms with van der Waals surface area (Å²) in [6.07, 6.45) is 0. The molecule has 8 heteroatoms. The predicted molar refractivity (Wildman–Crippen MR) is 99.8 cm³/mol. The minimum absolute atomic E-state index is 0.0656. The van der Waals surface area contributed by atoms with Crippen LogP contribution in [0.1, 0.15) is 28.9 Å². The van der Waals surface area contributed by atoms with E-state index in [9.17, 15) is 24.6 Å². The number of aliphatic hydroxyl groups excluding tert-OH is 1. The molecule has 2 aromatic carbocycles. The van der Waals surface area contributed by atoms with Gasteiger partial charge in [-0.2, -0.15) is 0 Å². The van der Waals surface area contributed by atoms with E-state index in [4.69, 9.17) is 5.11 Å². The van der Waals surface area contributed by atoms with Crippen LogP contribution in [-0.2, 0) is 9.59 Å². The number of aliphatic hydroxyl groups is 1. The molecule has 0 bridgehead atoms. The standard InChI is InChI=1S/C19H14BrNO6/c1-9(22)15-16(10-2-4-11(20)5-3-10)21(18(25)17(15)24)12-6-7-13(19(26)27)14(23)8-12/h2-8,16,23-24H,1H3,(H,26,27). The summed E-state index contributed by atoms with van der Waals surface area (Å²) < 4.78 is 0.795. The van der Waals surface area contributed by atoms with Gasteiger partial charge in [0.1, 0.15) is 11.3 Å². The number of phenols is 1. The molecular weight excluding hydrogens is 418 g/mol. The van der Waals surface area contributed by atoms with Crippen LogP contribution in [0.25, 0.3) is 0 Å². The van der Waals surface area contributed by atoms with Crippen molar-refractivity contribution in [1.82, 2.24) is 0 Å². The van der Waals surface area contributed by atoms with Gasteiger partial charge in [0.05, 0.1) is 11.6 Å². The van der Waals surface area contributed by atoms with E-state index < -0.39 is 35.2 Å². The molecule has 0 radical (unpaired) electrons. The van der Waals surface area contributed by atoms with Crippen LogP contribution in [-0.4, -0.2) is 33.0 Å². The third-order valence-corrected chi connectivity index (χ3v) is 4.79. The van der Waals surface area contributed by atoms with Crippen LogP contribution in [0.5, 0.6) is 5.75 Å². The molecule has 0 saturated carbocycles. The Hall–Kier alpha value is -3.13. The number of carbonyl (C=O) groups is 3. The molecule has 27 heavy (non-hydrogen) atoms. The van der Waals surface area contributed by atoms with Gasteiger partial charge in [-0.05, 0) is 36.8 Å². The molecule has 1 unspecified atom stereocenters. The van der Waals surface area contributed by atoms with Gasteiger partial charge in [0.2, 0.25) is 0 Å². The number of aromatic carboxylic acids is 1. The molecule has 7 nitrogen and oxygen atoms in total. The van der Waals surface area contributed by atoms with Gasteiger partial charge < -0.3 is 15.3 Å². The van der Waals surface area contributed by atoms with Crippen molar-refractivity contribution in [3.05, 3.63) is 69.4 Å². The molecule has 1 atom stereocenters. The van der Waals surface area contributed by atoms with Crippen molar-refractivity contribution in [2.24, 2.45) is 0 Å². The second-order valence-corrected chi connectivity index (χ2v) is 6.87. The molecule has 3 rings (SSSR count). The van der Waals surface area contributed by atoms with Crippen molar-refractivity contribution in [1.29, 1.82) is 0 Å². The molecule has 1 aliphatic heterocycles. The van der Waals surface area contributed by atoms with Gasteiger partial charge in [-0.3, -0.25) is 14.5 Å². The van der Waals surface area contributed by atoms with Gasteiger partial charge in [-0.25, -0.2) is 4.79 Å². The quantitative estimate of drug-likeness (QED) is 0.683. The fourth-order valence-corrected chi connectivity index (χ4v) is 3.31. The summed E-state index contributed by atoms with van der Waals surface area (Å²) in [5, 5.41) is 29.3. The number of nitrogens with zero attached hydrogens (tertiary/aromatic N) is 1. The van der Waals surface area contributed by atoms with Crippen LogP contribution < -0.4 is 4.90 Å². The van der Waals surface area contributed by atoms with Crippen LogP contribution >= 0.6 is 15.9 Å². The Kier molecular flexibility index (Phi) is 4.75. The average Bonchev–Trinajstić information content (AvgIpc) is 2.87. The van der Waals surface area contributed by atoms with Gasteiger partial charge in [0, 0.05) is 16.2 Å². The highest BCUT2D eigenvalue weighted by molar-refractivity contribution is 9.10. The highest BCUT2D eigenvalue weighted by Crippen LogP contribution is 2.42. The first-order valence-electron chi connectivity index (χ1n) is 7.81. The van der Waals surface area contributed by atoms with E-state index in [-0.39, 0.29) is 16.8 Å². The Bertz CT molecular complexity index is 996. The molecule has 0 saturated heterocycles. The SMILES string of the molecule is CC(=O)C1=C(O)C(=O)N(c2ccc(C(=O)O)c(O)c2)C1c1ccc(Br)cc1. The third kappa shape index (κ3) is 3.19. The molecule has 3 N–H and O–H groups in total. The monoisotopic (exact) mass is 431 g/mol. The second-order valence-electron chi connectivity index (χ2n) is 5.95. The zero-order valence-electron chi connectivity index (χ0n) is 14.0. The molecule has 2 aromatic rings. The Labute approximate surface area is 162 Å². The molecule has 0 aliphatic carbocycles. The number of carboxylic acids is 1. The smallest absolute Gasteiger partial charge is 0.339 e. The third-order valence-electron chi connectivity index (χ3n) is 4.26. The summed E-state index contributed by atoms with van der Waals surface area (Å²) in [4.78, 5) is 37.0. The largest absolute Gasteiger partial charge is 0.507 e. The maximum atomic E-state index is 12.7. The number of rotatable bonds is 4. The number of Topliss-reactive ketones (excluding diaryl/α,β-unsaturated/α-hetero) is 1. The van der Waals surface area contributed by atoms with Gasteiger partial charge in [-0.1, -0.05) is 28.1 Å². The predicted octanol–water partition coefficient (Wildman–Crippen LogP) is 3.34. The van der Waals surface area contributed by atoms with E-state index in [1.807, 2.05) is 0 Å². The minimum atomic E-state index is -1.32. The topological polar surface area (TPSA) is 115 Å². The highest BCUT2D eigenvalue weighted by Gasteiger charge is 2.43. The number of hydrogen-bond donors (Lipinski definition) is 3. The molecular formula is C19H14BrNO6. The van der Waals surface area contributed by atoms with Gasteiger partial charge in [0.15, 0.2) is 11.5 Å². The summed E-state index contributed by atoms with van der Waals surface area (Å²) in [6.45, 7) is 1.25. The Balaban J connectivity index is 2.17. The molecule has 1 heterocycles. The summed E-state index contributed by atoms with van der Waals surface area (Å²) in [5.74, 6) is -3.80. The molecule has 0 fully saturated rings. The molecule has 1 aliphatic rings. The lowest BCUT2D eigenvalue weighted by Crippen LogP contribution is -2.30. The number of ketones is 1. The molecule has 0 aromatic heterocycles. The molecule has 138 valence electrons. The number of halogens is 1. The summed E-state index contributed by atoms with van der Waals surface area (Å²) in [5.41, 5.74) is 0.333. The summed E-state index contributed by atoms with van der Waals surface area (Å²) >= 11 is 3.32. The average molecular weight is 432 g/mol. The Morgan fingerprint density at radius 1 is 1.07 bits per heavy atom. The highest BCUT2D eigenvalue weighted by atomic mass is 79.9. The first-order chi connectivity index (χ1) is 12.7. The maximum absolute atomic E-state index is 12.7. The number of hydrogen-bond acceptors (Lipinski definition) is 5. The van der Waals surface area contributed by atoms with Crippen LogP contribution in [0.3, 0.4) is 0 Å². The van der Waals surface area contributed by atoms with E-state index in [1.54, 1.807) is 24.3 Å². The fourth-order valence-electron chi connectivity index (χ4n) is 3.04. The zero-order valence-corrected chi connectivity index (χ0v) is 15.6. The van der Waals surface area contributed by atoms with Crippen molar-refractivity contribution in [2.75, 3.05) is 4.90 Å². The number of carboxylic acid groups (broad SMARTS) is 1. The fraction of sp³-hybridized carbons (Fsp3) is 0.105. The molecule has 0 spiro atoms. The number of amides is 1. The lowest BCUT2D eigenvalue weighted by Gasteiger charge is -2.27. The Morgan fingerprint density at radius 2 is 1.70 bits per heavy atom. The van der Waals surface area contributed by atoms with Gasteiger partial charge in [0.25, 0.3) is 5.91 Å². The summed E-state index contributed by atoms with van der Waals surface area (Å²) in [6, 6.07) is 9.56. The van der Waals surface area contributed by atoms with Gasteiger partial charge >= 0.3 is 5.97 Å². The van der Waals surface area contributed by atoms with Crippen LogP contribution in [0.15, 0.2) is 58.3 Å². The molecule has 1 amide bonds. The van der Waals surface area contributed by atoms with E-state index in [0.29, 0.717) is 5.56 Å². The van der Waals surface area contributed by atoms with Crippen molar-refractivity contribution in [3.8, 4) is 5.75 Å². The van der Waals surface area contributed by atoms with E-state index >= 15 is 0 Å².